The maximum atomic E-state index is 11.4. The average Bonchev–Trinajstić information content (AvgIpc) is 2.41. The van der Waals surface area contributed by atoms with Crippen molar-refractivity contribution in [1.82, 2.24) is 10.2 Å². The second-order valence-corrected chi connectivity index (χ2v) is 6.14. The summed E-state index contributed by atoms with van der Waals surface area (Å²) in [5, 5.41) is 12.5. The largest absolute Gasteiger partial charge is 0.480 e. The molecule has 0 amide bonds. The molecule has 4 nitrogen and oxygen atoms in total. The Balaban J connectivity index is 4.03. The maximum absolute atomic E-state index is 11.4. The number of hydrogen-bond donors (Lipinski definition) is 2. The van der Waals surface area contributed by atoms with Gasteiger partial charge in [-0.2, -0.15) is 0 Å². The van der Waals surface area contributed by atoms with Gasteiger partial charge in [-0.15, -0.1) is 0 Å². The number of hydrogen-bond acceptors (Lipinski definition) is 3. The molecule has 0 rings (SSSR count). The molecule has 0 aliphatic heterocycles. The molecule has 0 aromatic heterocycles. The SMILES string of the molecule is CCCNC(C)(CCCCN(C)C(C)CCC)C(=O)O. The summed E-state index contributed by atoms with van der Waals surface area (Å²) < 4.78 is 0. The van der Waals surface area contributed by atoms with E-state index < -0.39 is 11.5 Å². The molecule has 2 atom stereocenters. The number of nitrogens with one attached hydrogen (secondary N) is 1. The van der Waals surface area contributed by atoms with Crippen molar-refractivity contribution in [3.05, 3.63) is 0 Å². The van der Waals surface area contributed by atoms with Gasteiger partial charge < -0.3 is 15.3 Å². The van der Waals surface area contributed by atoms with E-state index in [2.05, 4.69) is 38.0 Å². The van der Waals surface area contributed by atoms with Crippen molar-refractivity contribution in [2.24, 2.45) is 0 Å². The Morgan fingerprint density at radius 3 is 2.45 bits per heavy atom. The van der Waals surface area contributed by atoms with Gasteiger partial charge in [-0.25, -0.2) is 0 Å². The Hall–Kier alpha value is -0.610. The normalized spacial score (nSPS) is 16.1. The van der Waals surface area contributed by atoms with Crippen LogP contribution < -0.4 is 5.32 Å². The van der Waals surface area contributed by atoms with E-state index in [0.29, 0.717) is 12.5 Å². The van der Waals surface area contributed by atoms with Crippen molar-refractivity contribution in [2.75, 3.05) is 20.1 Å². The minimum Gasteiger partial charge on any atom is -0.480 e. The van der Waals surface area contributed by atoms with Crippen molar-refractivity contribution < 1.29 is 9.90 Å². The zero-order valence-corrected chi connectivity index (χ0v) is 14.0. The Morgan fingerprint density at radius 1 is 1.30 bits per heavy atom. The third-order valence-corrected chi connectivity index (χ3v) is 4.13. The minimum atomic E-state index is -0.774. The molecule has 4 heteroatoms. The fourth-order valence-electron chi connectivity index (χ4n) is 2.37. The van der Waals surface area contributed by atoms with Gasteiger partial charge in [-0.1, -0.05) is 20.3 Å². The number of aliphatic carboxylic acids is 1. The summed E-state index contributed by atoms with van der Waals surface area (Å²) >= 11 is 0. The van der Waals surface area contributed by atoms with Crippen LogP contribution >= 0.6 is 0 Å². The second-order valence-electron chi connectivity index (χ2n) is 6.14. The van der Waals surface area contributed by atoms with E-state index in [-0.39, 0.29) is 0 Å². The number of carboxylic acids is 1. The first kappa shape index (κ1) is 19.4. The van der Waals surface area contributed by atoms with Gasteiger partial charge in [-0.3, -0.25) is 4.79 Å². The van der Waals surface area contributed by atoms with E-state index in [0.717, 1.165) is 32.4 Å². The van der Waals surface area contributed by atoms with Crippen LogP contribution in [-0.2, 0) is 4.79 Å². The molecule has 0 aliphatic rings. The Bertz CT molecular complexity index is 271. The monoisotopic (exact) mass is 286 g/mol. The van der Waals surface area contributed by atoms with Crippen molar-refractivity contribution in [3.8, 4) is 0 Å². The molecule has 0 aliphatic carbocycles. The van der Waals surface area contributed by atoms with Crippen LogP contribution in [0.1, 0.15) is 66.2 Å². The van der Waals surface area contributed by atoms with Crippen LogP contribution in [0.3, 0.4) is 0 Å². The van der Waals surface area contributed by atoms with E-state index in [1.807, 2.05) is 0 Å². The number of carboxylic acid groups (broad SMARTS) is 1. The molecule has 120 valence electrons. The average molecular weight is 286 g/mol. The maximum Gasteiger partial charge on any atom is 0.323 e. The van der Waals surface area contributed by atoms with Crippen LogP contribution in [-0.4, -0.2) is 47.7 Å². The molecule has 0 aromatic carbocycles. The van der Waals surface area contributed by atoms with Gasteiger partial charge in [0, 0.05) is 6.04 Å². The Kier molecular flexibility index (Phi) is 9.86. The Labute approximate surface area is 124 Å². The van der Waals surface area contributed by atoms with Gasteiger partial charge in [0.15, 0.2) is 0 Å². The predicted octanol–water partition coefficient (Wildman–Crippen LogP) is 3.12. The first-order valence-electron chi connectivity index (χ1n) is 8.06. The highest BCUT2D eigenvalue weighted by Gasteiger charge is 2.31. The summed E-state index contributed by atoms with van der Waals surface area (Å²) in [5.41, 5.74) is -0.774. The predicted molar refractivity (Wildman–Crippen MR) is 85.2 cm³/mol. The standard InChI is InChI=1S/C16H34N2O2/c1-6-10-14(3)18(5)13-9-8-11-16(4,15(19)20)17-12-7-2/h14,17H,6-13H2,1-5H3,(H,19,20). The third kappa shape index (κ3) is 7.25. The van der Waals surface area contributed by atoms with Crippen LogP contribution in [0, 0.1) is 0 Å². The number of nitrogens with zero attached hydrogens (tertiary/aromatic N) is 1. The van der Waals surface area contributed by atoms with E-state index in [1.165, 1.54) is 12.8 Å². The highest BCUT2D eigenvalue weighted by Crippen LogP contribution is 2.15. The molecule has 2 unspecified atom stereocenters. The van der Waals surface area contributed by atoms with Gasteiger partial charge in [0.1, 0.15) is 5.54 Å². The lowest BCUT2D eigenvalue weighted by atomic mass is 9.94. The summed E-state index contributed by atoms with van der Waals surface area (Å²) in [6.07, 6.45) is 6.09. The van der Waals surface area contributed by atoms with Gasteiger partial charge >= 0.3 is 5.97 Å². The quantitative estimate of drug-likeness (QED) is 0.541. The first-order chi connectivity index (χ1) is 9.37. The zero-order valence-electron chi connectivity index (χ0n) is 14.0. The van der Waals surface area contributed by atoms with E-state index in [1.54, 1.807) is 6.92 Å². The van der Waals surface area contributed by atoms with Gasteiger partial charge in [0.25, 0.3) is 0 Å². The molecule has 2 N–H and O–H groups in total. The zero-order chi connectivity index (χ0) is 15.6. The molecular weight excluding hydrogens is 252 g/mol. The van der Waals surface area contributed by atoms with Crippen molar-refractivity contribution in [3.63, 3.8) is 0 Å². The minimum absolute atomic E-state index is 0.615. The number of rotatable bonds is 12. The molecule has 20 heavy (non-hydrogen) atoms. The van der Waals surface area contributed by atoms with Gasteiger partial charge in [0.2, 0.25) is 0 Å². The van der Waals surface area contributed by atoms with E-state index in [9.17, 15) is 9.90 Å². The summed E-state index contributed by atoms with van der Waals surface area (Å²) in [5.74, 6) is -0.737. The topological polar surface area (TPSA) is 52.6 Å². The van der Waals surface area contributed by atoms with Crippen molar-refractivity contribution in [1.29, 1.82) is 0 Å². The van der Waals surface area contributed by atoms with Crippen LogP contribution in [0.5, 0.6) is 0 Å². The molecule has 0 saturated carbocycles. The molecule has 0 fully saturated rings. The van der Waals surface area contributed by atoms with Crippen molar-refractivity contribution in [2.45, 2.75) is 77.8 Å². The lowest BCUT2D eigenvalue weighted by molar-refractivity contribution is -0.144. The smallest absolute Gasteiger partial charge is 0.323 e. The fraction of sp³-hybridized carbons (Fsp3) is 0.938. The lowest BCUT2D eigenvalue weighted by Crippen LogP contribution is -2.49. The van der Waals surface area contributed by atoms with Gasteiger partial charge in [-0.05, 0) is 66.1 Å². The molecule has 0 heterocycles. The van der Waals surface area contributed by atoms with Crippen molar-refractivity contribution >= 4 is 5.97 Å². The molecule has 0 bridgehead atoms. The van der Waals surface area contributed by atoms with Crippen LogP contribution in [0.25, 0.3) is 0 Å². The number of carbonyl (C=O) groups is 1. The number of unbranched alkanes of at least 4 members (excludes halogenated alkanes) is 1. The molecule has 0 spiro atoms. The van der Waals surface area contributed by atoms with Crippen LogP contribution in [0.15, 0.2) is 0 Å². The molecule has 0 aromatic rings. The van der Waals surface area contributed by atoms with Crippen LogP contribution in [0.4, 0.5) is 0 Å². The Morgan fingerprint density at radius 2 is 1.95 bits per heavy atom. The summed E-state index contributed by atoms with van der Waals surface area (Å²) in [4.78, 5) is 13.8. The third-order valence-electron chi connectivity index (χ3n) is 4.13. The van der Waals surface area contributed by atoms with Gasteiger partial charge in [0.05, 0.1) is 0 Å². The summed E-state index contributed by atoms with van der Waals surface area (Å²) in [7, 11) is 2.16. The van der Waals surface area contributed by atoms with E-state index in [4.69, 9.17) is 0 Å². The fourth-order valence-corrected chi connectivity index (χ4v) is 2.37. The highest BCUT2D eigenvalue weighted by molar-refractivity contribution is 5.78. The second kappa shape index (κ2) is 10.2. The van der Waals surface area contributed by atoms with E-state index >= 15 is 0 Å². The lowest BCUT2D eigenvalue weighted by Gasteiger charge is -2.28. The molecule has 0 radical (unpaired) electrons. The molecule has 0 saturated heterocycles. The highest BCUT2D eigenvalue weighted by atomic mass is 16.4. The molecular formula is C16H34N2O2. The first-order valence-corrected chi connectivity index (χ1v) is 8.06. The summed E-state index contributed by atoms with van der Waals surface area (Å²) in [6, 6.07) is 0.615. The summed E-state index contributed by atoms with van der Waals surface area (Å²) in [6.45, 7) is 10.1. The van der Waals surface area contributed by atoms with Crippen LogP contribution in [0.2, 0.25) is 0 Å².